The molecule has 0 spiro atoms. The van der Waals surface area contributed by atoms with E-state index in [1.807, 2.05) is 90.1 Å². The molecule has 2 aromatic rings. The van der Waals surface area contributed by atoms with Crippen molar-refractivity contribution in [1.82, 2.24) is 10.2 Å². The van der Waals surface area contributed by atoms with Gasteiger partial charge in [-0.25, -0.2) is 8.42 Å². The zero-order valence-corrected chi connectivity index (χ0v) is 22.1. The Morgan fingerprint density at radius 1 is 0.971 bits per heavy atom. The number of anilines is 1. The molecule has 1 atom stereocenters. The third kappa shape index (κ3) is 7.32. The number of hydrogen-bond donors (Lipinski definition) is 1. The zero-order chi connectivity index (χ0) is 25.7. The fraction of sp³-hybridized carbons (Fsp3) is 0.462. The van der Waals surface area contributed by atoms with E-state index in [4.69, 9.17) is 0 Å². The second kappa shape index (κ2) is 11.0. The van der Waals surface area contributed by atoms with Crippen LogP contribution in [0.1, 0.15) is 50.8 Å². The van der Waals surface area contributed by atoms with Gasteiger partial charge in [-0.05, 0) is 57.7 Å². The molecule has 0 radical (unpaired) electrons. The Bertz CT molecular complexity index is 1090. The summed E-state index contributed by atoms with van der Waals surface area (Å²) < 4.78 is 26.7. The van der Waals surface area contributed by atoms with Gasteiger partial charge in [-0.2, -0.15) is 0 Å². The lowest BCUT2D eigenvalue weighted by atomic mass is 10.1. The summed E-state index contributed by atoms with van der Waals surface area (Å²) in [6, 6.07) is 14.1. The first kappa shape index (κ1) is 27.4. The summed E-state index contributed by atoms with van der Waals surface area (Å²) in [6.07, 6.45) is 1.49. The van der Waals surface area contributed by atoms with E-state index in [9.17, 15) is 18.0 Å². The summed E-state index contributed by atoms with van der Waals surface area (Å²) in [4.78, 5) is 28.3. The van der Waals surface area contributed by atoms with Gasteiger partial charge in [0.1, 0.15) is 12.6 Å². The summed E-state index contributed by atoms with van der Waals surface area (Å²) in [7, 11) is -3.76. The molecule has 186 valence electrons. The van der Waals surface area contributed by atoms with Crippen molar-refractivity contribution in [2.45, 2.75) is 66.1 Å². The third-order valence-corrected chi connectivity index (χ3v) is 6.56. The third-order valence-electron chi connectivity index (χ3n) is 5.45. The van der Waals surface area contributed by atoms with E-state index in [0.29, 0.717) is 12.1 Å². The van der Waals surface area contributed by atoms with E-state index in [0.717, 1.165) is 27.3 Å². The van der Waals surface area contributed by atoms with Crippen LogP contribution in [-0.2, 0) is 26.2 Å². The summed E-state index contributed by atoms with van der Waals surface area (Å²) in [5.74, 6) is -0.704. The number of para-hydroxylation sites is 1. The molecule has 1 N–H and O–H groups in total. The number of carbonyl (C=O) groups excluding carboxylic acids is 2. The lowest BCUT2D eigenvalue weighted by molar-refractivity contribution is -0.141. The molecule has 0 saturated heterocycles. The second-order valence-corrected chi connectivity index (χ2v) is 11.6. The van der Waals surface area contributed by atoms with Gasteiger partial charge in [0.15, 0.2) is 0 Å². The molecular weight excluding hydrogens is 450 g/mol. The normalized spacial score (nSPS) is 12.7. The van der Waals surface area contributed by atoms with Gasteiger partial charge < -0.3 is 10.2 Å². The van der Waals surface area contributed by atoms with Gasteiger partial charge >= 0.3 is 0 Å². The predicted molar refractivity (Wildman–Crippen MR) is 137 cm³/mol. The second-order valence-electron chi connectivity index (χ2n) is 9.68. The molecule has 0 heterocycles. The first-order valence-electron chi connectivity index (χ1n) is 11.4. The van der Waals surface area contributed by atoms with Crippen LogP contribution in [0.3, 0.4) is 0 Å². The molecule has 34 heavy (non-hydrogen) atoms. The van der Waals surface area contributed by atoms with Gasteiger partial charge in [0.2, 0.25) is 21.8 Å². The van der Waals surface area contributed by atoms with Crippen LogP contribution in [-0.4, -0.2) is 49.5 Å². The molecule has 0 unspecified atom stereocenters. The van der Waals surface area contributed by atoms with Gasteiger partial charge in [-0.3, -0.25) is 13.9 Å². The molecule has 0 aliphatic heterocycles. The first-order chi connectivity index (χ1) is 15.7. The van der Waals surface area contributed by atoms with E-state index in [1.165, 1.54) is 4.90 Å². The summed E-state index contributed by atoms with van der Waals surface area (Å²) in [5, 5.41) is 2.96. The Balaban J connectivity index is 2.49. The van der Waals surface area contributed by atoms with Gasteiger partial charge in [0.25, 0.3) is 0 Å². The molecule has 8 heteroatoms. The van der Waals surface area contributed by atoms with E-state index in [2.05, 4.69) is 5.32 Å². The fourth-order valence-corrected chi connectivity index (χ4v) is 4.89. The minimum absolute atomic E-state index is 0.195. The maximum Gasteiger partial charge on any atom is 0.244 e. The van der Waals surface area contributed by atoms with Crippen molar-refractivity contribution in [2.75, 3.05) is 17.1 Å². The predicted octanol–water partition coefficient (Wildman–Crippen LogP) is 3.79. The van der Waals surface area contributed by atoms with Crippen LogP contribution in [0.5, 0.6) is 0 Å². The summed E-state index contributed by atoms with van der Waals surface area (Å²) in [6.45, 7) is 10.9. The van der Waals surface area contributed by atoms with Gasteiger partial charge in [-0.1, -0.05) is 55.5 Å². The van der Waals surface area contributed by atoms with Gasteiger partial charge in [0.05, 0.1) is 11.9 Å². The molecular formula is C26H37N3O4S. The van der Waals surface area contributed by atoms with Crippen LogP contribution < -0.4 is 9.62 Å². The molecule has 0 fully saturated rings. The fourth-order valence-electron chi connectivity index (χ4n) is 3.93. The highest BCUT2D eigenvalue weighted by Crippen LogP contribution is 2.27. The van der Waals surface area contributed by atoms with E-state index >= 15 is 0 Å². The molecule has 0 aliphatic carbocycles. The Kier molecular flexibility index (Phi) is 8.89. The van der Waals surface area contributed by atoms with E-state index in [-0.39, 0.29) is 12.5 Å². The Morgan fingerprint density at radius 3 is 2.00 bits per heavy atom. The summed E-state index contributed by atoms with van der Waals surface area (Å²) >= 11 is 0. The molecule has 7 nitrogen and oxygen atoms in total. The van der Waals surface area contributed by atoms with E-state index < -0.39 is 34.1 Å². The lowest BCUT2D eigenvalue weighted by Gasteiger charge is -2.35. The molecule has 0 aliphatic rings. The number of aryl methyl sites for hydroxylation is 2. The molecule has 0 aromatic heterocycles. The zero-order valence-electron chi connectivity index (χ0n) is 21.3. The van der Waals surface area contributed by atoms with Crippen LogP contribution in [0.2, 0.25) is 0 Å². The van der Waals surface area contributed by atoms with Crippen LogP contribution in [0, 0.1) is 13.8 Å². The van der Waals surface area contributed by atoms with Crippen LogP contribution in [0.4, 0.5) is 5.69 Å². The Hall–Kier alpha value is -2.87. The lowest BCUT2D eigenvalue weighted by Crippen LogP contribution is -2.55. The van der Waals surface area contributed by atoms with Crippen molar-refractivity contribution in [3.8, 4) is 0 Å². The summed E-state index contributed by atoms with van der Waals surface area (Å²) in [5.41, 5.74) is 2.39. The van der Waals surface area contributed by atoms with Crippen molar-refractivity contribution in [2.24, 2.45) is 0 Å². The molecule has 0 saturated carbocycles. The average Bonchev–Trinajstić information content (AvgIpc) is 2.71. The quantitative estimate of drug-likeness (QED) is 0.583. The Morgan fingerprint density at radius 2 is 1.53 bits per heavy atom. The van der Waals surface area contributed by atoms with Crippen LogP contribution >= 0.6 is 0 Å². The number of nitrogens with one attached hydrogen (secondary N) is 1. The molecule has 2 amide bonds. The average molecular weight is 488 g/mol. The smallest absolute Gasteiger partial charge is 0.244 e. The monoisotopic (exact) mass is 487 g/mol. The maximum atomic E-state index is 13.7. The van der Waals surface area contributed by atoms with Crippen molar-refractivity contribution in [3.05, 3.63) is 65.2 Å². The maximum absolute atomic E-state index is 13.7. The topological polar surface area (TPSA) is 86.8 Å². The van der Waals surface area contributed by atoms with Crippen molar-refractivity contribution >= 4 is 27.5 Å². The molecule has 2 aromatic carbocycles. The highest BCUT2D eigenvalue weighted by molar-refractivity contribution is 7.92. The van der Waals surface area contributed by atoms with Crippen LogP contribution in [0.15, 0.2) is 48.5 Å². The SMILES string of the molecule is CC[C@H](C(=O)NC(C)(C)C)N(Cc1ccccc1)C(=O)CN(c1c(C)cccc1C)S(C)(=O)=O. The minimum Gasteiger partial charge on any atom is -0.350 e. The minimum atomic E-state index is -3.76. The largest absolute Gasteiger partial charge is 0.350 e. The van der Waals surface area contributed by atoms with E-state index in [1.54, 1.807) is 0 Å². The number of amides is 2. The number of hydrogen-bond acceptors (Lipinski definition) is 4. The highest BCUT2D eigenvalue weighted by atomic mass is 32.2. The number of rotatable bonds is 9. The number of sulfonamides is 1. The van der Waals surface area contributed by atoms with Crippen molar-refractivity contribution in [1.29, 1.82) is 0 Å². The number of carbonyl (C=O) groups is 2. The standard InChI is InChI=1S/C26H37N3O4S/c1-8-22(25(31)27-26(4,5)6)28(17-21-15-10-9-11-16-21)23(30)18-29(34(7,32)33)24-19(2)13-12-14-20(24)3/h9-16,22H,8,17-18H2,1-7H3,(H,27,31)/t22-/m1/s1. The van der Waals surface area contributed by atoms with Crippen molar-refractivity contribution in [3.63, 3.8) is 0 Å². The molecule has 0 bridgehead atoms. The number of nitrogens with zero attached hydrogens (tertiary/aromatic N) is 2. The first-order valence-corrected chi connectivity index (χ1v) is 13.3. The Labute approximate surface area is 204 Å². The van der Waals surface area contributed by atoms with Gasteiger partial charge in [0, 0.05) is 12.1 Å². The van der Waals surface area contributed by atoms with Crippen molar-refractivity contribution < 1.29 is 18.0 Å². The highest BCUT2D eigenvalue weighted by Gasteiger charge is 2.33. The van der Waals surface area contributed by atoms with Crippen LogP contribution in [0.25, 0.3) is 0 Å². The number of benzene rings is 2. The molecule has 2 rings (SSSR count). The van der Waals surface area contributed by atoms with Gasteiger partial charge in [-0.15, -0.1) is 0 Å².